The monoisotopic (exact) mass is 393 g/mol. The van der Waals surface area contributed by atoms with Gasteiger partial charge < -0.3 is 10.6 Å². The quantitative estimate of drug-likeness (QED) is 0.784. The van der Waals surface area contributed by atoms with Crippen LogP contribution in [0.1, 0.15) is 18.4 Å². The number of thioether (sulfide) groups is 1. The number of aryl methyl sites for hydroxylation is 1. The fourth-order valence-corrected chi connectivity index (χ4v) is 3.87. The number of amides is 2. The van der Waals surface area contributed by atoms with Crippen molar-refractivity contribution in [1.29, 1.82) is 0 Å². The number of primary amides is 1. The van der Waals surface area contributed by atoms with Crippen LogP contribution < -0.4 is 5.73 Å². The number of aromatic nitrogens is 3. The van der Waals surface area contributed by atoms with Gasteiger partial charge in [0.25, 0.3) is 0 Å². The number of halogens is 1. The first-order valence-electron chi connectivity index (χ1n) is 8.32. The van der Waals surface area contributed by atoms with Gasteiger partial charge in [0.1, 0.15) is 6.33 Å². The molecule has 26 heavy (non-hydrogen) atoms. The minimum atomic E-state index is -0.281. The Morgan fingerprint density at radius 1 is 1.35 bits per heavy atom. The molecule has 0 aliphatic carbocycles. The van der Waals surface area contributed by atoms with Crippen LogP contribution in [-0.4, -0.2) is 50.3 Å². The number of nitrogens with two attached hydrogens (primary N) is 1. The van der Waals surface area contributed by atoms with Gasteiger partial charge in [0.2, 0.25) is 11.8 Å². The van der Waals surface area contributed by atoms with Crippen molar-refractivity contribution in [3.8, 4) is 5.69 Å². The molecule has 2 aromatic rings. The van der Waals surface area contributed by atoms with Crippen molar-refractivity contribution in [2.45, 2.75) is 24.9 Å². The van der Waals surface area contributed by atoms with Crippen LogP contribution in [0.15, 0.2) is 29.7 Å². The second kappa shape index (κ2) is 8.09. The lowest BCUT2D eigenvalue weighted by Crippen LogP contribution is -2.42. The normalized spacial score (nSPS) is 15.2. The van der Waals surface area contributed by atoms with Gasteiger partial charge in [-0.15, -0.1) is 10.2 Å². The first-order chi connectivity index (χ1) is 12.5. The zero-order chi connectivity index (χ0) is 18.7. The molecule has 0 bridgehead atoms. The van der Waals surface area contributed by atoms with E-state index < -0.39 is 0 Å². The number of carbonyl (C=O) groups is 2. The van der Waals surface area contributed by atoms with Gasteiger partial charge in [-0.2, -0.15) is 0 Å². The molecule has 1 aliphatic rings. The number of hydrogen-bond acceptors (Lipinski definition) is 5. The van der Waals surface area contributed by atoms with E-state index in [4.69, 9.17) is 17.3 Å². The summed E-state index contributed by atoms with van der Waals surface area (Å²) >= 11 is 7.52. The van der Waals surface area contributed by atoms with Crippen LogP contribution in [0, 0.1) is 12.8 Å². The topological polar surface area (TPSA) is 94.1 Å². The maximum atomic E-state index is 12.4. The Labute approximate surface area is 160 Å². The third-order valence-corrected chi connectivity index (χ3v) is 5.86. The van der Waals surface area contributed by atoms with Crippen LogP contribution in [-0.2, 0) is 9.59 Å². The highest BCUT2D eigenvalue weighted by molar-refractivity contribution is 7.99. The lowest BCUT2D eigenvalue weighted by atomic mass is 9.96. The summed E-state index contributed by atoms with van der Waals surface area (Å²) in [5, 5.41) is 9.34. The molecule has 0 saturated carbocycles. The largest absolute Gasteiger partial charge is 0.369 e. The first kappa shape index (κ1) is 18.7. The van der Waals surface area contributed by atoms with E-state index >= 15 is 0 Å². The average molecular weight is 394 g/mol. The first-order valence-corrected chi connectivity index (χ1v) is 9.68. The lowest BCUT2D eigenvalue weighted by Gasteiger charge is -2.30. The van der Waals surface area contributed by atoms with Gasteiger partial charge in [-0.25, -0.2) is 0 Å². The van der Waals surface area contributed by atoms with Crippen LogP contribution in [0.2, 0.25) is 5.02 Å². The van der Waals surface area contributed by atoms with E-state index in [1.54, 1.807) is 11.2 Å². The van der Waals surface area contributed by atoms with Crippen molar-refractivity contribution < 1.29 is 9.59 Å². The van der Waals surface area contributed by atoms with E-state index in [9.17, 15) is 9.59 Å². The molecular weight excluding hydrogens is 374 g/mol. The third kappa shape index (κ3) is 4.19. The second-order valence-electron chi connectivity index (χ2n) is 6.26. The third-order valence-electron chi connectivity index (χ3n) is 4.52. The Kier molecular flexibility index (Phi) is 5.83. The van der Waals surface area contributed by atoms with Gasteiger partial charge in [-0.3, -0.25) is 14.2 Å². The molecular formula is C17H20ClN5O2S. The molecule has 9 heteroatoms. The van der Waals surface area contributed by atoms with E-state index in [1.165, 1.54) is 11.8 Å². The molecule has 2 N–H and O–H groups in total. The highest BCUT2D eigenvalue weighted by Crippen LogP contribution is 2.24. The van der Waals surface area contributed by atoms with Gasteiger partial charge >= 0.3 is 0 Å². The molecule has 2 amide bonds. The maximum absolute atomic E-state index is 12.4. The molecule has 2 heterocycles. The Morgan fingerprint density at radius 3 is 2.73 bits per heavy atom. The minimum Gasteiger partial charge on any atom is -0.369 e. The number of benzene rings is 1. The Hall–Kier alpha value is -2.06. The number of likely N-dealkylation sites (tertiary alicyclic amines) is 1. The standard InChI is InChI=1S/C17H20ClN5O2S/c1-11-2-3-13(8-14(11)18)23-10-20-21-17(23)26-9-15(24)22-6-4-12(5-7-22)16(19)25/h2-3,8,10,12H,4-7,9H2,1H3,(H2,19,25). The van der Waals surface area contributed by atoms with Crippen molar-refractivity contribution in [2.75, 3.05) is 18.8 Å². The van der Waals surface area contributed by atoms with Crippen LogP contribution in [0.3, 0.4) is 0 Å². The summed E-state index contributed by atoms with van der Waals surface area (Å²) in [6, 6.07) is 5.71. The number of piperidine rings is 1. The number of rotatable bonds is 5. The van der Waals surface area contributed by atoms with E-state index in [1.807, 2.05) is 29.7 Å². The van der Waals surface area contributed by atoms with E-state index in [0.29, 0.717) is 36.1 Å². The number of hydrogen-bond donors (Lipinski definition) is 1. The fraction of sp³-hybridized carbons (Fsp3) is 0.412. The molecule has 3 rings (SSSR count). The summed E-state index contributed by atoms with van der Waals surface area (Å²) < 4.78 is 1.81. The van der Waals surface area contributed by atoms with Gasteiger partial charge in [-0.1, -0.05) is 29.4 Å². The molecule has 138 valence electrons. The van der Waals surface area contributed by atoms with Crippen molar-refractivity contribution in [3.63, 3.8) is 0 Å². The van der Waals surface area contributed by atoms with E-state index in [0.717, 1.165) is 11.3 Å². The van der Waals surface area contributed by atoms with Gasteiger partial charge in [0, 0.05) is 24.0 Å². The molecule has 0 unspecified atom stereocenters. The zero-order valence-electron chi connectivity index (χ0n) is 14.4. The van der Waals surface area contributed by atoms with Crippen LogP contribution in [0.4, 0.5) is 0 Å². The van der Waals surface area contributed by atoms with Crippen molar-refractivity contribution in [3.05, 3.63) is 35.1 Å². The van der Waals surface area contributed by atoms with Crippen molar-refractivity contribution >= 4 is 35.2 Å². The van der Waals surface area contributed by atoms with Gasteiger partial charge in [0.15, 0.2) is 5.16 Å². The summed E-state index contributed by atoms with van der Waals surface area (Å²) in [6.45, 7) is 3.06. The number of nitrogens with zero attached hydrogens (tertiary/aromatic N) is 4. The van der Waals surface area contributed by atoms with Crippen LogP contribution in [0.25, 0.3) is 5.69 Å². The predicted molar refractivity (Wildman–Crippen MR) is 100 cm³/mol. The van der Waals surface area contributed by atoms with Crippen LogP contribution in [0.5, 0.6) is 0 Å². The molecule has 1 aliphatic heterocycles. The molecule has 1 aromatic heterocycles. The van der Waals surface area contributed by atoms with E-state index in [2.05, 4.69) is 10.2 Å². The Morgan fingerprint density at radius 2 is 2.08 bits per heavy atom. The van der Waals surface area contributed by atoms with Crippen molar-refractivity contribution in [1.82, 2.24) is 19.7 Å². The average Bonchev–Trinajstić information content (AvgIpc) is 3.10. The summed E-state index contributed by atoms with van der Waals surface area (Å²) in [7, 11) is 0. The lowest BCUT2D eigenvalue weighted by molar-refractivity contribution is -0.132. The summed E-state index contributed by atoms with van der Waals surface area (Å²) in [5.74, 6) is -0.119. The zero-order valence-corrected chi connectivity index (χ0v) is 16.0. The SMILES string of the molecule is Cc1ccc(-n2cnnc2SCC(=O)N2CCC(C(N)=O)CC2)cc1Cl. The van der Waals surface area contributed by atoms with Gasteiger partial charge in [0.05, 0.1) is 11.4 Å². The molecule has 1 saturated heterocycles. The Bertz CT molecular complexity index is 817. The number of carbonyl (C=O) groups excluding carboxylic acids is 2. The second-order valence-corrected chi connectivity index (χ2v) is 7.61. The molecule has 1 aromatic carbocycles. The minimum absolute atomic E-state index is 0.0226. The van der Waals surface area contributed by atoms with Crippen molar-refractivity contribution in [2.24, 2.45) is 11.7 Å². The highest BCUT2D eigenvalue weighted by atomic mass is 35.5. The van der Waals surface area contributed by atoms with E-state index in [-0.39, 0.29) is 23.5 Å². The van der Waals surface area contributed by atoms with Gasteiger partial charge in [-0.05, 0) is 37.5 Å². The molecule has 0 radical (unpaired) electrons. The molecule has 7 nitrogen and oxygen atoms in total. The maximum Gasteiger partial charge on any atom is 0.233 e. The molecule has 0 spiro atoms. The fourth-order valence-electron chi connectivity index (χ4n) is 2.86. The molecule has 1 fully saturated rings. The summed E-state index contributed by atoms with van der Waals surface area (Å²) in [5.41, 5.74) is 7.17. The smallest absolute Gasteiger partial charge is 0.233 e. The predicted octanol–water partition coefficient (Wildman–Crippen LogP) is 2.05. The Balaban J connectivity index is 1.61. The van der Waals surface area contributed by atoms with Crippen LogP contribution >= 0.6 is 23.4 Å². The summed E-state index contributed by atoms with van der Waals surface area (Å²) in [6.07, 6.45) is 2.86. The summed E-state index contributed by atoms with van der Waals surface area (Å²) in [4.78, 5) is 25.4. The highest BCUT2D eigenvalue weighted by Gasteiger charge is 2.26. The molecule has 0 atom stereocenters.